The molecular formula is C14H23O3P. The summed E-state index contributed by atoms with van der Waals surface area (Å²) in [6, 6.07) is 9.83. The van der Waals surface area contributed by atoms with E-state index in [9.17, 15) is 0 Å². The smallest absolute Gasteiger partial charge is 0.327 e. The molecule has 18 heavy (non-hydrogen) atoms. The Bertz CT molecular complexity index is 316. The second-order valence-electron chi connectivity index (χ2n) is 4.50. The van der Waals surface area contributed by atoms with Crippen molar-refractivity contribution >= 4 is 8.60 Å². The lowest BCUT2D eigenvalue weighted by atomic mass is 9.89. The molecule has 0 aromatic heterocycles. The molecule has 0 amide bonds. The zero-order valence-electron chi connectivity index (χ0n) is 11.1. The van der Waals surface area contributed by atoms with Crippen molar-refractivity contribution in [3.8, 4) is 0 Å². The molecule has 2 unspecified atom stereocenters. The highest BCUT2D eigenvalue weighted by Crippen LogP contribution is 2.41. The SMILES string of the molecule is CCCCC(CC)C(OP(O)O)c1ccccc1. The van der Waals surface area contributed by atoms with E-state index in [-0.39, 0.29) is 6.10 Å². The first kappa shape index (κ1) is 15.6. The lowest BCUT2D eigenvalue weighted by Gasteiger charge is -2.26. The summed E-state index contributed by atoms with van der Waals surface area (Å²) in [6.45, 7) is 4.28. The van der Waals surface area contributed by atoms with Gasteiger partial charge >= 0.3 is 8.60 Å². The predicted molar refractivity (Wildman–Crippen MR) is 74.9 cm³/mol. The highest BCUT2D eigenvalue weighted by Gasteiger charge is 2.24. The number of unbranched alkanes of at least 4 members (excludes halogenated alkanes) is 1. The van der Waals surface area contributed by atoms with Crippen LogP contribution in [0, 0.1) is 5.92 Å². The Morgan fingerprint density at radius 1 is 1.17 bits per heavy atom. The Morgan fingerprint density at radius 3 is 2.33 bits per heavy atom. The molecule has 2 N–H and O–H groups in total. The first-order chi connectivity index (χ1) is 8.69. The topological polar surface area (TPSA) is 49.7 Å². The Morgan fingerprint density at radius 2 is 1.83 bits per heavy atom. The second-order valence-corrected chi connectivity index (χ2v) is 5.22. The summed E-state index contributed by atoms with van der Waals surface area (Å²) in [7, 11) is -2.32. The lowest BCUT2D eigenvalue weighted by Crippen LogP contribution is -2.14. The van der Waals surface area contributed by atoms with Gasteiger partial charge in [0, 0.05) is 0 Å². The molecule has 102 valence electrons. The fourth-order valence-corrected chi connectivity index (χ4v) is 2.70. The molecule has 0 heterocycles. The van der Waals surface area contributed by atoms with Crippen molar-refractivity contribution in [1.82, 2.24) is 0 Å². The quantitative estimate of drug-likeness (QED) is 0.697. The van der Waals surface area contributed by atoms with Gasteiger partial charge in [-0.1, -0.05) is 63.4 Å². The molecule has 3 nitrogen and oxygen atoms in total. The lowest BCUT2D eigenvalue weighted by molar-refractivity contribution is 0.106. The molecular weight excluding hydrogens is 247 g/mol. The summed E-state index contributed by atoms with van der Waals surface area (Å²) in [5.41, 5.74) is 1.02. The van der Waals surface area contributed by atoms with Gasteiger partial charge in [0.2, 0.25) is 0 Å². The molecule has 1 rings (SSSR count). The van der Waals surface area contributed by atoms with Gasteiger partial charge in [0.1, 0.15) is 0 Å². The summed E-state index contributed by atoms with van der Waals surface area (Å²) in [6.07, 6.45) is 4.09. The minimum absolute atomic E-state index is 0.219. The standard InChI is InChI=1S/C14H23O3P/c1-3-5-9-12(4-2)14(17-18(15)16)13-10-7-6-8-11-13/h6-8,10-12,14-16H,3-5,9H2,1-2H3. The van der Waals surface area contributed by atoms with E-state index in [1.807, 2.05) is 30.3 Å². The van der Waals surface area contributed by atoms with E-state index in [0.717, 1.165) is 31.2 Å². The van der Waals surface area contributed by atoms with Gasteiger partial charge < -0.3 is 14.3 Å². The molecule has 0 spiro atoms. The van der Waals surface area contributed by atoms with Crippen LogP contribution in [0.15, 0.2) is 30.3 Å². The van der Waals surface area contributed by atoms with Crippen LogP contribution in [-0.4, -0.2) is 9.79 Å². The second kappa shape index (κ2) is 8.60. The Balaban J connectivity index is 2.82. The first-order valence-electron chi connectivity index (χ1n) is 6.58. The summed E-state index contributed by atoms with van der Waals surface area (Å²) in [5.74, 6) is 0.330. The normalized spacial score (nSPS) is 14.7. The van der Waals surface area contributed by atoms with Crippen LogP contribution in [0.5, 0.6) is 0 Å². The average molecular weight is 270 g/mol. The molecule has 1 aromatic carbocycles. The van der Waals surface area contributed by atoms with Gasteiger partial charge in [-0.15, -0.1) is 0 Å². The molecule has 0 fully saturated rings. The van der Waals surface area contributed by atoms with Crippen LogP contribution in [0.3, 0.4) is 0 Å². The summed E-state index contributed by atoms with van der Waals surface area (Å²) >= 11 is 0. The van der Waals surface area contributed by atoms with Gasteiger partial charge in [0.25, 0.3) is 0 Å². The van der Waals surface area contributed by atoms with Crippen molar-refractivity contribution in [2.45, 2.75) is 45.6 Å². The Hall–Kier alpha value is -0.470. The van der Waals surface area contributed by atoms with Crippen LogP contribution in [0.4, 0.5) is 0 Å². The third kappa shape index (κ3) is 5.03. The van der Waals surface area contributed by atoms with Crippen LogP contribution >= 0.6 is 8.60 Å². The number of hydrogen-bond acceptors (Lipinski definition) is 3. The molecule has 2 atom stereocenters. The summed E-state index contributed by atoms with van der Waals surface area (Å²) in [4.78, 5) is 18.3. The van der Waals surface area contributed by atoms with Crippen molar-refractivity contribution in [2.75, 3.05) is 0 Å². The van der Waals surface area contributed by atoms with Crippen molar-refractivity contribution < 1.29 is 14.3 Å². The Labute approximate surface area is 111 Å². The fraction of sp³-hybridized carbons (Fsp3) is 0.571. The molecule has 0 aliphatic rings. The minimum Gasteiger partial charge on any atom is -0.328 e. The maximum Gasteiger partial charge on any atom is 0.327 e. The van der Waals surface area contributed by atoms with Crippen LogP contribution in [-0.2, 0) is 4.52 Å². The molecule has 4 heteroatoms. The number of hydrogen-bond donors (Lipinski definition) is 2. The van der Waals surface area contributed by atoms with Crippen molar-refractivity contribution in [2.24, 2.45) is 5.92 Å². The van der Waals surface area contributed by atoms with E-state index in [1.165, 1.54) is 0 Å². The van der Waals surface area contributed by atoms with Gasteiger partial charge in [-0.05, 0) is 17.9 Å². The van der Waals surface area contributed by atoms with Gasteiger partial charge in [-0.2, -0.15) is 0 Å². The third-order valence-electron chi connectivity index (χ3n) is 3.22. The zero-order valence-corrected chi connectivity index (χ0v) is 12.0. The van der Waals surface area contributed by atoms with Crippen molar-refractivity contribution in [3.05, 3.63) is 35.9 Å². The third-order valence-corrected chi connectivity index (χ3v) is 3.63. The maximum absolute atomic E-state index is 9.15. The highest BCUT2D eigenvalue weighted by molar-refractivity contribution is 7.39. The van der Waals surface area contributed by atoms with E-state index in [1.54, 1.807) is 0 Å². The van der Waals surface area contributed by atoms with Gasteiger partial charge in [-0.25, -0.2) is 0 Å². The van der Waals surface area contributed by atoms with Gasteiger partial charge in [0.05, 0.1) is 6.10 Å². The van der Waals surface area contributed by atoms with Crippen LogP contribution in [0.25, 0.3) is 0 Å². The number of rotatable bonds is 8. The molecule has 1 aromatic rings. The van der Waals surface area contributed by atoms with Crippen LogP contribution < -0.4 is 0 Å². The average Bonchev–Trinajstić information content (AvgIpc) is 2.39. The van der Waals surface area contributed by atoms with Gasteiger partial charge in [-0.3, -0.25) is 0 Å². The largest absolute Gasteiger partial charge is 0.328 e. The summed E-state index contributed by atoms with van der Waals surface area (Å²) < 4.78 is 5.36. The van der Waals surface area contributed by atoms with Gasteiger partial charge in [0.15, 0.2) is 0 Å². The van der Waals surface area contributed by atoms with Crippen molar-refractivity contribution in [1.29, 1.82) is 0 Å². The van der Waals surface area contributed by atoms with E-state index >= 15 is 0 Å². The zero-order chi connectivity index (χ0) is 13.4. The molecule has 0 radical (unpaired) electrons. The minimum atomic E-state index is -2.32. The van der Waals surface area contributed by atoms with E-state index in [4.69, 9.17) is 14.3 Å². The molecule has 0 aliphatic heterocycles. The van der Waals surface area contributed by atoms with Crippen LogP contribution in [0.2, 0.25) is 0 Å². The molecule has 0 saturated heterocycles. The fourth-order valence-electron chi connectivity index (χ4n) is 2.20. The van der Waals surface area contributed by atoms with Crippen LogP contribution in [0.1, 0.15) is 51.2 Å². The monoisotopic (exact) mass is 270 g/mol. The van der Waals surface area contributed by atoms with E-state index in [0.29, 0.717) is 5.92 Å². The Kier molecular flexibility index (Phi) is 7.45. The molecule has 0 aliphatic carbocycles. The maximum atomic E-state index is 9.15. The molecule has 0 bridgehead atoms. The first-order valence-corrected chi connectivity index (χ1v) is 7.75. The van der Waals surface area contributed by atoms with Crippen molar-refractivity contribution in [3.63, 3.8) is 0 Å². The highest BCUT2D eigenvalue weighted by atomic mass is 31.2. The van der Waals surface area contributed by atoms with E-state index in [2.05, 4.69) is 13.8 Å². The molecule has 0 saturated carbocycles. The summed E-state index contributed by atoms with van der Waals surface area (Å²) in [5, 5.41) is 0. The number of benzene rings is 1. The van der Waals surface area contributed by atoms with E-state index < -0.39 is 8.60 Å². The predicted octanol–water partition coefficient (Wildman–Crippen LogP) is 4.17.